The van der Waals surface area contributed by atoms with Gasteiger partial charge in [-0.05, 0) is 75.6 Å². The van der Waals surface area contributed by atoms with E-state index in [0.29, 0.717) is 23.0 Å². The Kier molecular flexibility index (Phi) is 5.56. The largest absolute Gasteiger partial charge is 0.454 e. The maximum Gasteiger partial charge on any atom is 0.241 e. The van der Waals surface area contributed by atoms with Gasteiger partial charge in [-0.1, -0.05) is 24.3 Å². The highest BCUT2D eigenvalue weighted by molar-refractivity contribution is 7.89. The van der Waals surface area contributed by atoms with Crippen LogP contribution in [0.2, 0.25) is 0 Å². The molecule has 1 aliphatic heterocycles. The van der Waals surface area contributed by atoms with Crippen molar-refractivity contribution in [2.45, 2.75) is 49.5 Å². The number of benzene rings is 2. The number of fused-ring (bicyclic) bond motifs is 1. The fraction of sp³-hybridized carbons (Fsp3) is 0.308. The molecule has 8 nitrogen and oxygen atoms in total. The first-order valence-corrected chi connectivity index (χ1v) is 12.9. The topological polar surface area (TPSA) is 107 Å². The SMILES string of the molecule is CC(C)(C)NS(=O)(=O)c1ccc(-c2cccc(NC(=O)C3(c4ccc5c(c4)OCO5)CC3)n2)cc1. The lowest BCUT2D eigenvalue weighted by atomic mass is 9.94. The molecule has 3 aromatic rings. The van der Waals surface area contributed by atoms with Gasteiger partial charge in [-0.15, -0.1) is 0 Å². The van der Waals surface area contributed by atoms with E-state index in [1.165, 1.54) is 0 Å². The van der Waals surface area contributed by atoms with Gasteiger partial charge in [0.1, 0.15) is 5.82 Å². The fourth-order valence-electron chi connectivity index (χ4n) is 4.13. The van der Waals surface area contributed by atoms with Crippen molar-refractivity contribution in [3.05, 3.63) is 66.2 Å². The number of nitrogens with zero attached hydrogens (tertiary/aromatic N) is 1. The van der Waals surface area contributed by atoms with Crippen LogP contribution in [0.1, 0.15) is 39.2 Å². The maximum atomic E-state index is 13.2. The lowest BCUT2D eigenvalue weighted by Gasteiger charge is -2.20. The molecule has 0 spiro atoms. The summed E-state index contributed by atoms with van der Waals surface area (Å²) in [6.07, 6.45) is 1.49. The van der Waals surface area contributed by atoms with E-state index in [0.717, 1.165) is 24.0 Å². The van der Waals surface area contributed by atoms with Gasteiger partial charge in [-0.2, -0.15) is 0 Å². The Labute approximate surface area is 204 Å². The van der Waals surface area contributed by atoms with Crippen LogP contribution in [0.5, 0.6) is 11.5 Å². The van der Waals surface area contributed by atoms with E-state index in [1.807, 2.05) is 30.3 Å². The monoisotopic (exact) mass is 493 g/mol. The first-order chi connectivity index (χ1) is 16.6. The van der Waals surface area contributed by atoms with Gasteiger partial charge in [0.15, 0.2) is 11.5 Å². The highest BCUT2D eigenvalue weighted by Crippen LogP contribution is 2.51. The number of amides is 1. The molecule has 35 heavy (non-hydrogen) atoms. The van der Waals surface area contributed by atoms with Gasteiger partial charge in [0.2, 0.25) is 22.7 Å². The zero-order chi connectivity index (χ0) is 24.8. The van der Waals surface area contributed by atoms with E-state index in [4.69, 9.17) is 9.47 Å². The van der Waals surface area contributed by atoms with Gasteiger partial charge < -0.3 is 14.8 Å². The van der Waals surface area contributed by atoms with Gasteiger partial charge in [0, 0.05) is 11.1 Å². The van der Waals surface area contributed by atoms with Crippen molar-refractivity contribution in [2.75, 3.05) is 12.1 Å². The standard InChI is InChI=1S/C26H27N3O5S/c1-25(2,3)29-35(31,32)19-10-7-17(8-11-19)20-5-4-6-23(27-20)28-24(30)26(13-14-26)18-9-12-21-22(15-18)34-16-33-21/h4-12,15,29H,13-14,16H2,1-3H3,(H,27,28,30). The molecular weight excluding hydrogens is 466 g/mol. The number of carbonyl (C=O) groups excluding carboxylic acids is 1. The number of nitrogens with one attached hydrogen (secondary N) is 2. The Bertz CT molecular complexity index is 1390. The number of ether oxygens (including phenoxy) is 2. The minimum Gasteiger partial charge on any atom is -0.454 e. The molecule has 1 aliphatic carbocycles. The third-order valence-corrected chi connectivity index (χ3v) is 7.78. The molecule has 9 heteroatoms. The second-order valence-electron chi connectivity index (χ2n) is 9.89. The second kappa shape index (κ2) is 8.35. The van der Waals surface area contributed by atoms with Crippen LogP contribution in [-0.4, -0.2) is 31.6 Å². The third-order valence-electron chi connectivity index (χ3n) is 6.00. The average molecular weight is 494 g/mol. The smallest absolute Gasteiger partial charge is 0.241 e. The predicted octanol–water partition coefficient (Wildman–Crippen LogP) is 4.22. The highest BCUT2D eigenvalue weighted by atomic mass is 32.2. The fourth-order valence-corrected chi connectivity index (χ4v) is 5.55. The van der Waals surface area contributed by atoms with Crippen LogP contribution < -0.4 is 19.5 Å². The summed E-state index contributed by atoms with van der Waals surface area (Å²) in [7, 11) is -3.62. The third kappa shape index (κ3) is 4.74. The van der Waals surface area contributed by atoms with E-state index >= 15 is 0 Å². The lowest BCUT2D eigenvalue weighted by Crippen LogP contribution is -2.40. The quantitative estimate of drug-likeness (QED) is 0.532. The summed E-state index contributed by atoms with van der Waals surface area (Å²) in [6.45, 7) is 5.57. The molecule has 182 valence electrons. The number of anilines is 1. The van der Waals surface area contributed by atoms with Crippen LogP contribution in [-0.2, 0) is 20.2 Å². The summed E-state index contributed by atoms with van der Waals surface area (Å²) in [5, 5.41) is 2.95. The Hall–Kier alpha value is -3.43. The molecule has 2 aliphatic rings. The minimum atomic E-state index is -3.62. The van der Waals surface area contributed by atoms with Crippen molar-refractivity contribution in [3.63, 3.8) is 0 Å². The number of hydrogen-bond donors (Lipinski definition) is 2. The van der Waals surface area contributed by atoms with Crippen molar-refractivity contribution in [1.82, 2.24) is 9.71 Å². The van der Waals surface area contributed by atoms with E-state index in [2.05, 4.69) is 15.0 Å². The molecule has 1 amide bonds. The number of carbonyl (C=O) groups is 1. The van der Waals surface area contributed by atoms with E-state index in [1.54, 1.807) is 51.1 Å². The molecule has 2 heterocycles. The van der Waals surface area contributed by atoms with Gasteiger partial charge >= 0.3 is 0 Å². The first kappa shape index (κ1) is 23.3. The number of hydrogen-bond acceptors (Lipinski definition) is 6. The molecule has 0 radical (unpaired) electrons. The molecule has 2 aromatic carbocycles. The molecule has 0 bridgehead atoms. The maximum absolute atomic E-state index is 13.2. The molecule has 0 saturated heterocycles. The van der Waals surface area contributed by atoms with Gasteiger partial charge in [-0.3, -0.25) is 4.79 Å². The normalized spacial score (nSPS) is 16.1. The molecular formula is C26H27N3O5S. The summed E-state index contributed by atoms with van der Waals surface area (Å²) >= 11 is 0. The van der Waals surface area contributed by atoms with Crippen molar-refractivity contribution in [1.29, 1.82) is 0 Å². The van der Waals surface area contributed by atoms with E-state index in [-0.39, 0.29) is 17.6 Å². The number of aromatic nitrogens is 1. The Morgan fingerprint density at radius 1 is 0.971 bits per heavy atom. The van der Waals surface area contributed by atoms with Crippen LogP contribution in [0.25, 0.3) is 11.3 Å². The Balaban J connectivity index is 1.33. The van der Waals surface area contributed by atoms with Gasteiger partial charge in [0.05, 0.1) is 16.0 Å². The van der Waals surface area contributed by atoms with Gasteiger partial charge in [-0.25, -0.2) is 18.1 Å². The van der Waals surface area contributed by atoms with Crippen LogP contribution >= 0.6 is 0 Å². The zero-order valence-corrected chi connectivity index (χ0v) is 20.6. The number of pyridine rings is 1. The first-order valence-electron chi connectivity index (χ1n) is 11.4. The summed E-state index contributed by atoms with van der Waals surface area (Å²) in [5.41, 5.74) is 1.09. The van der Waals surface area contributed by atoms with Crippen molar-refractivity contribution < 1.29 is 22.7 Å². The molecule has 0 unspecified atom stereocenters. The highest BCUT2D eigenvalue weighted by Gasteiger charge is 2.51. The molecule has 0 atom stereocenters. The molecule has 1 fully saturated rings. The number of sulfonamides is 1. The molecule has 1 aromatic heterocycles. The second-order valence-corrected chi connectivity index (χ2v) is 11.6. The molecule has 1 saturated carbocycles. The van der Waals surface area contributed by atoms with E-state index < -0.39 is 21.0 Å². The Morgan fingerprint density at radius 3 is 2.37 bits per heavy atom. The van der Waals surface area contributed by atoms with Crippen LogP contribution in [0.15, 0.2) is 65.6 Å². The summed E-state index contributed by atoms with van der Waals surface area (Å²) < 4.78 is 38.6. The van der Waals surface area contributed by atoms with Crippen LogP contribution in [0.4, 0.5) is 5.82 Å². The molecule has 2 N–H and O–H groups in total. The summed E-state index contributed by atoms with van der Waals surface area (Å²) in [6, 6.07) is 17.5. The van der Waals surface area contributed by atoms with Crippen molar-refractivity contribution in [3.8, 4) is 22.8 Å². The minimum absolute atomic E-state index is 0.115. The summed E-state index contributed by atoms with van der Waals surface area (Å²) in [5.74, 6) is 1.67. The van der Waals surface area contributed by atoms with Gasteiger partial charge in [0.25, 0.3) is 0 Å². The van der Waals surface area contributed by atoms with Crippen LogP contribution in [0.3, 0.4) is 0 Å². The Morgan fingerprint density at radius 2 is 1.69 bits per heavy atom. The van der Waals surface area contributed by atoms with E-state index in [9.17, 15) is 13.2 Å². The number of rotatable bonds is 6. The van der Waals surface area contributed by atoms with Crippen molar-refractivity contribution in [2.24, 2.45) is 0 Å². The predicted molar refractivity (Wildman–Crippen MR) is 132 cm³/mol. The van der Waals surface area contributed by atoms with Crippen molar-refractivity contribution >= 4 is 21.7 Å². The lowest BCUT2D eigenvalue weighted by molar-refractivity contribution is -0.118. The zero-order valence-electron chi connectivity index (χ0n) is 19.8. The van der Waals surface area contributed by atoms with Crippen LogP contribution in [0, 0.1) is 0 Å². The summed E-state index contributed by atoms with van der Waals surface area (Å²) in [4.78, 5) is 18.0. The molecule has 5 rings (SSSR count). The average Bonchev–Trinajstić information content (AvgIpc) is 3.49.